The van der Waals surface area contributed by atoms with Crippen molar-refractivity contribution in [3.05, 3.63) is 46.1 Å². The molecule has 1 aliphatic heterocycles. The second-order valence-electron chi connectivity index (χ2n) is 7.78. The van der Waals surface area contributed by atoms with Crippen LogP contribution in [0.4, 0.5) is 19.0 Å². The molecule has 1 aliphatic rings. The van der Waals surface area contributed by atoms with E-state index in [-0.39, 0.29) is 37.6 Å². The fourth-order valence-electron chi connectivity index (χ4n) is 3.80. The lowest BCUT2D eigenvalue weighted by atomic mass is 10.2. The van der Waals surface area contributed by atoms with Crippen LogP contribution < -0.4 is 10.5 Å². The van der Waals surface area contributed by atoms with Crippen molar-refractivity contribution in [2.45, 2.75) is 19.1 Å². The molecule has 1 saturated heterocycles. The van der Waals surface area contributed by atoms with Gasteiger partial charge in [0.2, 0.25) is 5.91 Å². The minimum Gasteiger partial charge on any atom is -0.379 e. The lowest BCUT2D eigenvalue weighted by Crippen LogP contribution is -2.49. The molecular formula is C21H21F3N8O3. The second-order valence-corrected chi connectivity index (χ2v) is 7.78. The van der Waals surface area contributed by atoms with Gasteiger partial charge in [0, 0.05) is 32.4 Å². The molecule has 0 aliphatic carbocycles. The number of H-pyrrole nitrogens is 1. The Bertz CT molecular complexity index is 1290. The van der Waals surface area contributed by atoms with Crippen LogP contribution in [0.15, 0.2) is 29.3 Å². The monoisotopic (exact) mass is 490 g/mol. The number of amides is 1. The number of ether oxygens (including phenoxy) is 1. The normalized spacial score (nSPS) is 14.3. The van der Waals surface area contributed by atoms with E-state index in [1.807, 2.05) is 16.1 Å². The van der Waals surface area contributed by atoms with Crippen LogP contribution in [0.25, 0.3) is 10.9 Å². The number of carbonyl (C=O) groups is 1. The summed E-state index contributed by atoms with van der Waals surface area (Å²) in [5.74, 6) is 0.661. The third-order valence-electron chi connectivity index (χ3n) is 5.58. The zero-order valence-electron chi connectivity index (χ0n) is 18.5. The number of aromatic amines is 1. The molecule has 35 heavy (non-hydrogen) atoms. The first-order valence-electron chi connectivity index (χ1n) is 10.8. The highest BCUT2D eigenvalue weighted by Gasteiger charge is 2.38. The van der Waals surface area contributed by atoms with Crippen LogP contribution in [0.2, 0.25) is 0 Å². The number of alkyl halides is 3. The third-order valence-corrected chi connectivity index (χ3v) is 5.58. The number of anilines is 1. The molecule has 0 radical (unpaired) electrons. The van der Waals surface area contributed by atoms with Crippen molar-refractivity contribution in [1.82, 2.24) is 29.9 Å². The number of nitrogens with zero attached hydrogens (tertiary/aromatic N) is 7. The summed E-state index contributed by atoms with van der Waals surface area (Å²) in [5, 5.41) is 17.3. The lowest BCUT2D eigenvalue weighted by molar-refractivity contribution is -0.140. The summed E-state index contributed by atoms with van der Waals surface area (Å²) in [6.07, 6.45) is -2.04. The van der Waals surface area contributed by atoms with Crippen LogP contribution in [0, 0.1) is 11.3 Å². The van der Waals surface area contributed by atoms with Gasteiger partial charge in [-0.25, -0.2) is 10.1 Å². The van der Waals surface area contributed by atoms with E-state index in [4.69, 9.17) is 10.00 Å². The van der Waals surface area contributed by atoms with E-state index in [2.05, 4.69) is 15.2 Å². The zero-order chi connectivity index (χ0) is 25.0. The first kappa shape index (κ1) is 24.1. The molecule has 3 aromatic rings. The van der Waals surface area contributed by atoms with Crippen LogP contribution in [0.3, 0.4) is 0 Å². The minimum atomic E-state index is -4.79. The summed E-state index contributed by atoms with van der Waals surface area (Å²) in [4.78, 5) is 32.3. The topological polar surface area (TPSA) is 133 Å². The molecule has 0 bridgehead atoms. The first-order valence-corrected chi connectivity index (χ1v) is 10.8. The number of pyridine rings is 1. The van der Waals surface area contributed by atoms with Gasteiger partial charge in [-0.2, -0.15) is 28.6 Å². The molecule has 14 heteroatoms. The Kier molecular flexibility index (Phi) is 6.97. The summed E-state index contributed by atoms with van der Waals surface area (Å²) in [5.41, 5.74) is -1.81. The number of nitriles is 1. The van der Waals surface area contributed by atoms with E-state index in [1.54, 1.807) is 17.0 Å². The van der Waals surface area contributed by atoms with Gasteiger partial charge in [-0.3, -0.25) is 14.3 Å². The number of fused-ring (bicyclic) bond motifs is 1. The molecule has 1 N–H and O–H groups in total. The van der Waals surface area contributed by atoms with Crippen molar-refractivity contribution in [3.63, 3.8) is 0 Å². The number of aromatic nitrogens is 5. The maximum atomic E-state index is 13.2. The molecule has 4 heterocycles. The predicted octanol–water partition coefficient (Wildman–Crippen LogP) is 1.16. The van der Waals surface area contributed by atoms with Gasteiger partial charge in [0.25, 0.3) is 5.56 Å². The predicted molar refractivity (Wildman–Crippen MR) is 116 cm³/mol. The molecule has 11 nitrogen and oxygen atoms in total. The smallest absolute Gasteiger partial charge is 0.379 e. The Morgan fingerprint density at radius 2 is 1.94 bits per heavy atom. The summed E-state index contributed by atoms with van der Waals surface area (Å²) < 4.78 is 46.2. The standard InChI is InChI=1S/C21H21F3N8O3/c22-21(23,24)19-18-15(13-27-28-20(18)34)32(29-19)8-10-35-9-3-17(33)31-6-4-30(5-7-31)16-2-1-14(11-25)12-26-16/h1-2,12-13H,3-10H2,(H,28,34). The van der Waals surface area contributed by atoms with Crippen LogP contribution >= 0.6 is 0 Å². The molecule has 4 rings (SSSR count). The van der Waals surface area contributed by atoms with Gasteiger partial charge in [0.15, 0.2) is 5.69 Å². The van der Waals surface area contributed by atoms with Crippen molar-refractivity contribution < 1.29 is 22.7 Å². The Labute approximate surface area is 196 Å². The lowest BCUT2D eigenvalue weighted by Gasteiger charge is -2.35. The van der Waals surface area contributed by atoms with Gasteiger partial charge in [-0.05, 0) is 12.1 Å². The molecule has 184 valence electrons. The molecule has 0 unspecified atom stereocenters. The molecule has 0 spiro atoms. The summed E-state index contributed by atoms with van der Waals surface area (Å²) >= 11 is 0. The summed E-state index contributed by atoms with van der Waals surface area (Å²) in [6, 6.07) is 5.49. The van der Waals surface area contributed by atoms with E-state index in [0.29, 0.717) is 31.7 Å². The number of halogens is 3. The SMILES string of the molecule is N#Cc1ccc(N2CCN(C(=O)CCOCCn3nc(C(F)(F)F)c4c(=O)[nH]ncc43)CC2)nc1. The minimum absolute atomic E-state index is 0.00625. The number of piperazine rings is 1. The highest BCUT2D eigenvalue weighted by molar-refractivity contribution is 5.80. The van der Waals surface area contributed by atoms with Gasteiger partial charge in [0.1, 0.15) is 17.3 Å². The second kappa shape index (κ2) is 10.1. The molecular weight excluding hydrogens is 469 g/mol. The highest BCUT2D eigenvalue weighted by Crippen LogP contribution is 2.32. The highest BCUT2D eigenvalue weighted by atomic mass is 19.4. The van der Waals surface area contributed by atoms with Crippen LogP contribution in [-0.2, 0) is 22.3 Å². The van der Waals surface area contributed by atoms with Crippen LogP contribution in [0.5, 0.6) is 0 Å². The fraction of sp³-hybridized carbons (Fsp3) is 0.429. The van der Waals surface area contributed by atoms with E-state index < -0.39 is 22.8 Å². The molecule has 3 aromatic heterocycles. The molecule has 0 atom stereocenters. The van der Waals surface area contributed by atoms with E-state index in [0.717, 1.165) is 16.7 Å². The fourth-order valence-corrected chi connectivity index (χ4v) is 3.80. The Hall–Kier alpha value is -3.99. The average molecular weight is 490 g/mol. The number of carbonyl (C=O) groups excluding carboxylic acids is 1. The van der Waals surface area contributed by atoms with E-state index >= 15 is 0 Å². The Morgan fingerprint density at radius 1 is 1.17 bits per heavy atom. The molecule has 0 saturated carbocycles. The molecule has 0 aromatic carbocycles. The van der Waals surface area contributed by atoms with Gasteiger partial charge in [-0.1, -0.05) is 0 Å². The number of rotatable bonds is 7. The first-order chi connectivity index (χ1) is 16.8. The van der Waals surface area contributed by atoms with Gasteiger partial charge < -0.3 is 14.5 Å². The summed E-state index contributed by atoms with van der Waals surface area (Å²) in [7, 11) is 0. The Balaban J connectivity index is 1.23. The third kappa shape index (κ3) is 5.40. The van der Waals surface area contributed by atoms with Crippen molar-refractivity contribution in [3.8, 4) is 6.07 Å². The van der Waals surface area contributed by atoms with Crippen molar-refractivity contribution in [2.75, 3.05) is 44.3 Å². The Morgan fingerprint density at radius 3 is 2.60 bits per heavy atom. The zero-order valence-corrected chi connectivity index (χ0v) is 18.5. The van der Waals surface area contributed by atoms with Crippen molar-refractivity contribution in [2.24, 2.45) is 0 Å². The van der Waals surface area contributed by atoms with Crippen LogP contribution in [-0.4, -0.2) is 75.2 Å². The number of hydrogen-bond donors (Lipinski definition) is 1. The maximum Gasteiger partial charge on any atom is 0.435 e. The van der Waals surface area contributed by atoms with Crippen LogP contribution in [0.1, 0.15) is 17.7 Å². The number of nitrogens with one attached hydrogen (secondary N) is 1. The van der Waals surface area contributed by atoms with Gasteiger partial charge >= 0.3 is 6.18 Å². The van der Waals surface area contributed by atoms with E-state index in [1.165, 1.54) is 6.20 Å². The quantitative estimate of drug-likeness (QED) is 0.488. The molecule has 1 fully saturated rings. The van der Waals surface area contributed by atoms with Gasteiger partial charge in [-0.15, -0.1) is 0 Å². The maximum absolute atomic E-state index is 13.2. The molecule has 1 amide bonds. The largest absolute Gasteiger partial charge is 0.435 e. The van der Waals surface area contributed by atoms with E-state index in [9.17, 15) is 22.8 Å². The summed E-state index contributed by atoms with van der Waals surface area (Å²) in [6.45, 7) is 2.30. The number of hydrogen-bond acceptors (Lipinski definition) is 8. The van der Waals surface area contributed by atoms with Gasteiger partial charge in [0.05, 0.1) is 43.5 Å². The van der Waals surface area contributed by atoms with Crippen molar-refractivity contribution in [1.29, 1.82) is 5.26 Å². The van der Waals surface area contributed by atoms with Crippen molar-refractivity contribution >= 4 is 22.6 Å². The average Bonchev–Trinajstić information content (AvgIpc) is 3.24.